The number of anilines is 1. The fourth-order valence-electron chi connectivity index (χ4n) is 3.13. The van der Waals surface area contributed by atoms with Crippen LogP contribution in [0.1, 0.15) is 50.2 Å². The lowest BCUT2D eigenvalue weighted by molar-refractivity contribution is -0.118. The van der Waals surface area contributed by atoms with E-state index in [1.807, 2.05) is 7.05 Å². The van der Waals surface area contributed by atoms with E-state index in [1.54, 1.807) is 4.90 Å². The van der Waals surface area contributed by atoms with E-state index >= 15 is 0 Å². The molecule has 0 fully saturated rings. The van der Waals surface area contributed by atoms with Crippen LogP contribution in [0.2, 0.25) is 0 Å². The molecular weight excluding hydrogens is 248 g/mol. The van der Waals surface area contributed by atoms with E-state index < -0.39 is 0 Å². The van der Waals surface area contributed by atoms with Crippen LogP contribution >= 0.6 is 0 Å². The lowest BCUT2D eigenvalue weighted by atomic mass is 9.83. The van der Waals surface area contributed by atoms with E-state index in [0.29, 0.717) is 18.3 Å². The van der Waals surface area contributed by atoms with Crippen LogP contribution in [0.15, 0.2) is 18.2 Å². The molecule has 20 heavy (non-hydrogen) atoms. The van der Waals surface area contributed by atoms with Gasteiger partial charge in [0.2, 0.25) is 5.91 Å². The number of hydrogen-bond acceptors (Lipinski definition) is 2. The number of carbonyl (C=O) groups excluding carboxylic acids is 1. The number of amides is 1. The third-order valence-corrected chi connectivity index (χ3v) is 4.40. The number of hydrogen-bond donors (Lipinski definition) is 1. The second kappa shape index (κ2) is 6.40. The van der Waals surface area contributed by atoms with Gasteiger partial charge in [-0.05, 0) is 54.8 Å². The van der Waals surface area contributed by atoms with E-state index in [1.165, 1.54) is 11.1 Å². The van der Waals surface area contributed by atoms with Crippen molar-refractivity contribution < 1.29 is 4.79 Å². The summed E-state index contributed by atoms with van der Waals surface area (Å²) >= 11 is 0. The van der Waals surface area contributed by atoms with Crippen LogP contribution in [-0.4, -0.2) is 19.5 Å². The number of benzene rings is 1. The Bertz CT molecular complexity index is 482. The zero-order valence-electron chi connectivity index (χ0n) is 12.9. The van der Waals surface area contributed by atoms with Crippen molar-refractivity contribution in [3.63, 3.8) is 0 Å². The molecule has 0 spiro atoms. The van der Waals surface area contributed by atoms with Crippen LogP contribution in [0, 0.1) is 5.92 Å². The number of fused-ring (bicyclic) bond motifs is 1. The first-order chi connectivity index (χ1) is 9.54. The molecular formula is C17H26N2O. The quantitative estimate of drug-likeness (QED) is 0.897. The molecule has 1 aromatic rings. The topological polar surface area (TPSA) is 46.3 Å². The highest BCUT2D eigenvalue weighted by Gasteiger charge is 2.23. The highest BCUT2D eigenvalue weighted by molar-refractivity contribution is 5.95. The van der Waals surface area contributed by atoms with Gasteiger partial charge in [-0.2, -0.15) is 0 Å². The normalized spacial score (nSPS) is 16.4. The van der Waals surface area contributed by atoms with Gasteiger partial charge in [0.1, 0.15) is 0 Å². The van der Waals surface area contributed by atoms with E-state index in [-0.39, 0.29) is 5.91 Å². The minimum atomic E-state index is 0.216. The maximum atomic E-state index is 11.7. The average molecular weight is 274 g/mol. The molecule has 0 radical (unpaired) electrons. The molecule has 1 amide bonds. The van der Waals surface area contributed by atoms with Crippen molar-refractivity contribution in [1.82, 2.24) is 0 Å². The summed E-state index contributed by atoms with van der Waals surface area (Å²) in [6.45, 7) is 5.30. The first kappa shape index (κ1) is 15.0. The van der Waals surface area contributed by atoms with Gasteiger partial charge < -0.3 is 10.6 Å². The minimum Gasteiger partial charge on any atom is -0.330 e. The second-order valence-electron chi connectivity index (χ2n) is 6.12. The SMILES string of the molecule is CC(C)C(CCCN)c1ccc2c(c1)CCC(=O)N2C. The molecule has 1 atom stereocenters. The molecule has 1 unspecified atom stereocenters. The summed E-state index contributed by atoms with van der Waals surface area (Å²) in [5.74, 6) is 1.39. The van der Waals surface area contributed by atoms with Crippen molar-refractivity contribution >= 4 is 11.6 Å². The molecule has 0 aliphatic carbocycles. The Morgan fingerprint density at radius 3 is 2.70 bits per heavy atom. The molecule has 2 rings (SSSR count). The van der Waals surface area contributed by atoms with Crippen molar-refractivity contribution in [2.45, 2.75) is 45.4 Å². The third kappa shape index (κ3) is 3.04. The molecule has 110 valence electrons. The Kier molecular flexibility index (Phi) is 4.81. The fourth-order valence-corrected chi connectivity index (χ4v) is 3.13. The smallest absolute Gasteiger partial charge is 0.227 e. The molecule has 1 heterocycles. The minimum absolute atomic E-state index is 0.216. The molecule has 0 saturated carbocycles. The highest BCUT2D eigenvalue weighted by Crippen LogP contribution is 2.34. The first-order valence-electron chi connectivity index (χ1n) is 7.64. The molecule has 1 aliphatic rings. The summed E-state index contributed by atoms with van der Waals surface area (Å²) in [7, 11) is 1.87. The van der Waals surface area contributed by atoms with Gasteiger partial charge >= 0.3 is 0 Å². The summed E-state index contributed by atoms with van der Waals surface area (Å²) in [4.78, 5) is 13.5. The van der Waals surface area contributed by atoms with Crippen molar-refractivity contribution in [3.05, 3.63) is 29.3 Å². The lowest BCUT2D eigenvalue weighted by Crippen LogP contribution is -2.31. The van der Waals surface area contributed by atoms with Gasteiger partial charge in [-0.1, -0.05) is 26.0 Å². The van der Waals surface area contributed by atoms with E-state index in [0.717, 1.165) is 31.5 Å². The van der Waals surface area contributed by atoms with Crippen molar-refractivity contribution in [3.8, 4) is 0 Å². The summed E-state index contributed by atoms with van der Waals surface area (Å²) < 4.78 is 0. The van der Waals surface area contributed by atoms with Crippen LogP contribution in [0.5, 0.6) is 0 Å². The summed E-state index contributed by atoms with van der Waals surface area (Å²) in [6.07, 6.45) is 3.70. The molecule has 0 bridgehead atoms. The van der Waals surface area contributed by atoms with Gasteiger partial charge in [-0.15, -0.1) is 0 Å². The largest absolute Gasteiger partial charge is 0.330 e. The van der Waals surface area contributed by atoms with Gasteiger partial charge in [0, 0.05) is 19.2 Å². The van der Waals surface area contributed by atoms with E-state index in [4.69, 9.17) is 5.73 Å². The standard InChI is InChI=1S/C17H26N2O/c1-12(2)15(5-4-10-18)13-6-8-16-14(11-13)7-9-17(20)19(16)3/h6,8,11-12,15H,4-5,7,9-10,18H2,1-3H3. The predicted octanol–water partition coefficient (Wildman–Crippen LogP) is 3.07. The molecule has 3 heteroatoms. The number of nitrogens with two attached hydrogens (primary N) is 1. The van der Waals surface area contributed by atoms with Gasteiger partial charge in [0.25, 0.3) is 0 Å². The maximum absolute atomic E-state index is 11.7. The Hall–Kier alpha value is -1.35. The van der Waals surface area contributed by atoms with Crippen LogP contribution in [0.25, 0.3) is 0 Å². The molecule has 0 aromatic heterocycles. The molecule has 1 aromatic carbocycles. The fraction of sp³-hybridized carbons (Fsp3) is 0.588. The summed E-state index contributed by atoms with van der Waals surface area (Å²) in [5.41, 5.74) is 9.44. The third-order valence-electron chi connectivity index (χ3n) is 4.40. The van der Waals surface area contributed by atoms with Crippen molar-refractivity contribution in [1.29, 1.82) is 0 Å². The predicted molar refractivity (Wildman–Crippen MR) is 84.0 cm³/mol. The number of aryl methyl sites for hydroxylation is 1. The Morgan fingerprint density at radius 2 is 2.05 bits per heavy atom. The summed E-state index contributed by atoms with van der Waals surface area (Å²) in [6, 6.07) is 6.61. The first-order valence-corrected chi connectivity index (χ1v) is 7.64. The molecule has 1 aliphatic heterocycles. The van der Waals surface area contributed by atoms with Gasteiger partial charge in [-0.3, -0.25) is 4.79 Å². The van der Waals surface area contributed by atoms with E-state index in [9.17, 15) is 4.79 Å². The Labute approximate surface area is 122 Å². The second-order valence-corrected chi connectivity index (χ2v) is 6.12. The van der Waals surface area contributed by atoms with Crippen LogP contribution < -0.4 is 10.6 Å². The zero-order chi connectivity index (χ0) is 14.7. The van der Waals surface area contributed by atoms with Crippen LogP contribution in [-0.2, 0) is 11.2 Å². The molecule has 0 saturated heterocycles. The summed E-state index contributed by atoms with van der Waals surface area (Å²) in [5, 5.41) is 0. The van der Waals surface area contributed by atoms with Crippen molar-refractivity contribution in [2.75, 3.05) is 18.5 Å². The maximum Gasteiger partial charge on any atom is 0.227 e. The van der Waals surface area contributed by atoms with Gasteiger partial charge in [0.15, 0.2) is 0 Å². The van der Waals surface area contributed by atoms with Crippen LogP contribution in [0.3, 0.4) is 0 Å². The zero-order valence-corrected chi connectivity index (χ0v) is 12.9. The Balaban J connectivity index is 2.27. The van der Waals surface area contributed by atoms with E-state index in [2.05, 4.69) is 32.0 Å². The number of nitrogens with zero attached hydrogens (tertiary/aromatic N) is 1. The monoisotopic (exact) mass is 274 g/mol. The van der Waals surface area contributed by atoms with Crippen molar-refractivity contribution in [2.24, 2.45) is 11.7 Å². The molecule has 3 nitrogen and oxygen atoms in total. The Morgan fingerprint density at radius 1 is 1.30 bits per heavy atom. The van der Waals surface area contributed by atoms with Gasteiger partial charge in [-0.25, -0.2) is 0 Å². The number of rotatable bonds is 5. The highest BCUT2D eigenvalue weighted by atomic mass is 16.2. The average Bonchev–Trinajstić information content (AvgIpc) is 2.43. The lowest BCUT2D eigenvalue weighted by Gasteiger charge is -2.28. The van der Waals surface area contributed by atoms with Gasteiger partial charge in [0.05, 0.1) is 0 Å². The number of carbonyl (C=O) groups is 1. The van der Waals surface area contributed by atoms with Crippen LogP contribution in [0.4, 0.5) is 5.69 Å². The molecule has 2 N–H and O–H groups in total.